The first-order chi connectivity index (χ1) is 29.6. The van der Waals surface area contributed by atoms with Gasteiger partial charge in [0.2, 0.25) is 0 Å². The van der Waals surface area contributed by atoms with E-state index in [2.05, 4.69) is 99.6 Å². The minimum atomic E-state index is -2.60. The molecular weight excluding hydrogens is 824 g/mol. The van der Waals surface area contributed by atoms with Crippen LogP contribution in [0.4, 0.5) is 0 Å². The van der Waals surface area contributed by atoms with Gasteiger partial charge >= 0.3 is 0 Å². The minimum absolute atomic E-state index is 0.0279. The highest BCUT2D eigenvalue weighted by atomic mass is 31.2. The number of hydrogen-bond acceptors (Lipinski definition) is 12. The third-order valence-corrected chi connectivity index (χ3v) is 18.3. The summed E-state index contributed by atoms with van der Waals surface area (Å²) in [6.45, 7) is 19.6. The molecule has 3 heterocycles. The highest BCUT2D eigenvalue weighted by molar-refractivity contribution is 7.44. The molecule has 14 nitrogen and oxygen atoms in total. The van der Waals surface area contributed by atoms with Crippen molar-refractivity contribution in [3.8, 4) is 17.6 Å². The Balaban J connectivity index is 1.55. The molecule has 0 aliphatic carbocycles. The number of nitriles is 1. The smallest absolute Gasteiger partial charge is 0.292 e. The second-order valence-electron chi connectivity index (χ2n) is 17.4. The number of methoxy groups -OCH3 is 2. The maximum Gasteiger partial charge on any atom is 0.292 e. The molecule has 1 saturated heterocycles. The molecule has 1 unspecified atom stereocenters. The second kappa shape index (κ2) is 19.9. The third kappa shape index (κ3) is 9.83. The summed E-state index contributed by atoms with van der Waals surface area (Å²) in [7, 11) is -1.09. The van der Waals surface area contributed by atoms with E-state index in [-0.39, 0.29) is 42.3 Å². The van der Waals surface area contributed by atoms with Crippen LogP contribution in [0.5, 0.6) is 11.5 Å². The van der Waals surface area contributed by atoms with E-state index in [1.807, 2.05) is 66.7 Å². The fourth-order valence-electron chi connectivity index (χ4n) is 7.60. The monoisotopic (exact) mass is 884 g/mol. The van der Waals surface area contributed by atoms with Gasteiger partial charge in [0.15, 0.2) is 20.1 Å². The van der Waals surface area contributed by atoms with E-state index in [0.29, 0.717) is 17.0 Å². The first-order valence-electron chi connectivity index (χ1n) is 21.0. The van der Waals surface area contributed by atoms with E-state index < -0.39 is 52.5 Å². The van der Waals surface area contributed by atoms with Gasteiger partial charge in [-0.1, -0.05) is 75.4 Å². The average Bonchev–Trinajstić information content (AvgIpc) is 3.82. The number of fused-ring (bicyclic) bond motifs is 1. The highest BCUT2D eigenvalue weighted by Gasteiger charge is 2.54. The van der Waals surface area contributed by atoms with E-state index in [1.54, 1.807) is 31.3 Å². The molecule has 3 aromatic carbocycles. The predicted octanol–water partition coefficient (Wildman–Crippen LogP) is 9.09. The largest absolute Gasteiger partial charge is 0.497 e. The lowest BCUT2D eigenvalue weighted by Gasteiger charge is -2.43. The Kier molecular flexibility index (Phi) is 15.1. The first kappa shape index (κ1) is 47.0. The van der Waals surface area contributed by atoms with Crippen LogP contribution in [-0.4, -0.2) is 90.6 Å². The summed E-state index contributed by atoms with van der Waals surface area (Å²) in [6.07, 6.45) is 0.219. The van der Waals surface area contributed by atoms with Crippen molar-refractivity contribution in [1.82, 2.24) is 24.4 Å². The van der Waals surface area contributed by atoms with Crippen molar-refractivity contribution in [2.75, 3.05) is 27.4 Å². The number of aromatic nitrogens is 4. The number of rotatable bonds is 19. The van der Waals surface area contributed by atoms with Gasteiger partial charge in [-0.25, -0.2) is 14.8 Å². The van der Waals surface area contributed by atoms with Crippen LogP contribution in [0, 0.1) is 11.3 Å². The maximum absolute atomic E-state index is 13.0. The Labute approximate surface area is 367 Å². The number of imidazole rings is 1. The summed E-state index contributed by atoms with van der Waals surface area (Å²) in [6, 6.07) is 28.1. The number of aromatic amines is 1. The molecule has 1 aliphatic rings. The van der Waals surface area contributed by atoms with Gasteiger partial charge in [0.05, 0.1) is 58.0 Å². The number of H-pyrrole nitrogens is 1. The van der Waals surface area contributed by atoms with E-state index >= 15 is 0 Å². The molecule has 5 atom stereocenters. The van der Waals surface area contributed by atoms with Gasteiger partial charge in [-0.2, -0.15) is 10.4 Å². The van der Waals surface area contributed by atoms with Crippen LogP contribution in [0.2, 0.25) is 18.1 Å². The molecule has 62 heavy (non-hydrogen) atoms. The van der Waals surface area contributed by atoms with Gasteiger partial charge in [-0.05, 0) is 86.8 Å². The number of benzene rings is 3. The van der Waals surface area contributed by atoms with E-state index in [1.165, 1.54) is 0 Å². The summed E-state index contributed by atoms with van der Waals surface area (Å²) >= 11 is 0. The average molecular weight is 885 g/mol. The molecule has 16 heteroatoms. The minimum Gasteiger partial charge on any atom is -0.497 e. The van der Waals surface area contributed by atoms with Crippen molar-refractivity contribution in [2.45, 2.75) is 115 Å². The number of ether oxygens (including phenoxy) is 4. The standard InChI is InChI=1S/C46H61N6O8PSi/c1-31(2)52(32(3)4)61(57-27-15-26-47)59-42-41(60-62(10,11)45(5,6)7)39(58-44(42)51-30-48-40-38(51)28-49-50-43(40)53)29-56-46(33-16-13-12-14-17-33,34-18-22-36(54-8)23-19-34)35-20-24-37(55-9)25-21-35/h12-14,16-25,28,30-32,39,41-42,44H,15,27,29H2,1-11H3,(H,50,53)/t39-,41-,42-,44-,61?/m1/s1. The Morgan fingerprint density at radius 1 is 0.903 bits per heavy atom. The molecule has 332 valence electrons. The van der Waals surface area contributed by atoms with Crippen LogP contribution in [-0.2, 0) is 28.5 Å². The fraction of sp³-hybridized carbons (Fsp3) is 0.478. The van der Waals surface area contributed by atoms with Gasteiger partial charge in [-0.15, -0.1) is 0 Å². The summed E-state index contributed by atoms with van der Waals surface area (Å²) < 4.78 is 51.1. The Bertz CT molecular complexity index is 2260. The van der Waals surface area contributed by atoms with Crippen molar-refractivity contribution in [2.24, 2.45) is 0 Å². The summed E-state index contributed by atoms with van der Waals surface area (Å²) in [5.74, 6) is 1.42. The van der Waals surface area contributed by atoms with Crippen molar-refractivity contribution in [1.29, 1.82) is 5.26 Å². The van der Waals surface area contributed by atoms with Crippen LogP contribution in [0.1, 0.15) is 77.8 Å². The van der Waals surface area contributed by atoms with Crippen LogP contribution in [0.15, 0.2) is 96.2 Å². The summed E-state index contributed by atoms with van der Waals surface area (Å²) in [4.78, 5) is 17.5. The lowest BCUT2D eigenvalue weighted by Crippen LogP contribution is -2.51. The SMILES string of the molecule is COc1ccc(C(OC[C@H]2O[C@@H](n3cnc4c(=O)[nH]ncc43)[C@H](OP(OCCC#N)N(C(C)C)C(C)C)[C@@H]2O[Si](C)(C)C(C)(C)C)(c2ccccc2)c2ccc(OC)cc2)cc1. The lowest BCUT2D eigenvalue weighted by atomic mass is 9.80. The molecule has 1 N–H and O–H groups in total. The van der Waals surface area contributed by atoms with Crippen LogP contribution >= 0.6 is 8.53 Å². The summed E-state index contributed by atoms with van der Waals surface area (Å²) in [5.41, 5.74) is 1.72. The maximum atomic E-state index is 13.0. The fourth-order valence-corrected chi connectivity index (χ4v) is 10.7. The Morgan fingerprint density at radius 3 is 2.02 bits per heavy atom. The van der Waals surface area contributed by atoms with E-state index in [4.69, 9.17) is 32.4 Å². The highest BCUT2D eigenvalue weighted by Crippen LogP contribution is 2.53. The first-order valence-corrected chi connectivity index (χ1v) is 25.1. The molecule has 1 fully saturated rings. The second-order valence-corrected chi connectivity index (χ2v) is 23.6. The van der Waals surface area contributed by atoms with Crippen LogP contribution in [0.25, 0.3) is 11.0 Å². The lowest BCUT2D eigenvalue weighted by molar-refractivity contribution is -0.0927. The molecule has 6 rings (SSSR count). The molecule has 0 radical (unpaired) electrons. The van der Waals surface area contributed by atoms with Crippen LogP contribution in [0.3, 0.4) is 0 Å². The summed E-state index contributed by atoms with van der Waals surface area (Å²) in [5, 5.41) is 16.0. The zero-order valence-electron chi connectivity index (χ0n) is 37.7. The third-order valence-electron chi connectivity index (χ3n) is 11.7. The topological polar surface area (TPSA) is 155 Å². The zero-order valence-corrected chi connectivity index (χ0v) is 39.6. The van der Waals surface area contributed by atoms with Crippen molar-refractivity contribution in [3.05, 3.63) is 118 Å². The number of hydrogen-bond donors (Lipinski definition) is 1. The van der Waals surface area contributed by atoms with Crippen molar-refractivity contribution in [3.63, 3.8) is 0 Å². The van der Waals surface area contributed by atoms with Crippen molar-refractivity contribution < 1.29 is 32.4 Å². The van der Waals surface area contributed by atoms with E-state index in [9.17, 15) is 10.1 Å². The predicted molar refractivity (Wildman–Crippen MR) is 242 cm³/mol. The molecule has 5 aromatic rings. The van der Waals surface area contributed by atoms with Gasteiger partial charge < -0.3 is 32.4 Å². The van der Waals surface area contributed by atoms with Gasteiger partial charge in [0.25, 0.3) is 14.1 Å². The molecule has 1 aliphatic heterocycles. The zero-order chi connectivity index (χ0) is 44.8. The Morgan fingerprint density at radius 2 is 1.48 bits per heavy atom. The number of nitrogens with one attached hydrogen (secondary N) is 1. The van der Waals surface area contributed by atoms with Crippen molar-refractivity contribution >= 4 is 27.9 Å². The quantitative estimate of drug-likeness (QED) is 0.0364. The molecular formula is C46H61N6O8PSi. The van der Waals surface area contributed by atoms with Gasteiger partial charge in [-0.3, -0.25) is 9.36 Å². The molecule has 0 saturated carbocycles. The van der Waals surface area contributed by atoms with Gasteiger partial charge in [0, 0.05) is 12.1 Å². The molecule has 0 spiro atoms. The normalized spacial score (nSPS) is 19.0. The Hall–Kier alpha value is -4.49. The van der Waals surface area contributed by atoms with Gasteiger partial charge in [0.1, 0.15) is 35.4 Å². The number of nitrogens with zero attached hydrogens (tertiary/aromatic N) is 5. The molecule has 0 bridgehead atoms. The van der Waals surface area contributed by atoms with Crippen LogP contribution < -0.4 is 15.0 Å². The molecule has 2 aromatic heterocycles. The van der Waals surface area contributed by atoms with E-state index in [0.717, 1.165) is 16.7 Å². The molecule has 0 amide bonds.